The van der Waals surface area contributed by atoms with Crippen LogP contribution < -0.4 is 0 Å². The molecule has 0 aromatic heterocycles. The fourth-order valence-corrected chi connectivity index (χ4v) is 8.10. The van der Waals surface area contributed by atoms with E-state index < -0.39 is 0 Å². The summed E-state index contributed by atoms with van der Waals surface area (Å²) in [4.78, 5) is 0. The molecule has 0 bridgehead atoms. The van der Waals surface area contributed by atoms with Gasteiger partial charge in [-0.15, -0.1) is 0 Å². The molecule has 0 heterocycles. The molecule has 7 aromatic carbocycles. The largest absolute Gasteiger partial charge is 0.0622 e. The summed E-state index contributed by atoms with van der Waals surface area (Å²) in [6.45, 7) is 0. The van der Waals surface area contributed by atoms with Crippen LogP contribution in [0, 0.1) is 0 Å². The highest BCUT2D eigenvalue weighted by Crippen LogP contribution is 2.62. The summed E-state index contributed by atoms with van der Waals surface area (Å²) in [6.07, 6.45) is 0. The SMILES string of the molecule is BrC1=C2C(c3ccccc3)=C(c3ccccc3)C(c3ccccc3)=C2c2cc3cc(-c4ccccc4)c(-c4ccccc4)cc3cc21. The van der Waals surface area contributed by atoms with E-state index in [1.165, 1.54) is 88.7 Å². The Morgan fingerprint density at radius 2 is 0.553 bits per heavy atom. The van der Waals surface area contributed by atoms with Crippen molar-refractivity contribution in [3.63, 3.8) is 0 Å². The molecule has 0 radical (unpaired) electrons. The third kappa shape index (κ3) is 4.58. The van der Waals surface area contributed by atoms with Gasteiger partial charge in [0.1, 0.15) is 0 Å². The van der Waals surface area contributed by atoms with Crippen LogP contribution in [-0.4, -0.2) is 0 Å². The molecule has 0 N–H and O–H groups in total. The third-order valence-corrected chi connectivity index (χ3v) is 10.3. The summed E-state index contributed by atoms with van der Waals surface area (Å²) >= 11 is 4.19. The van der Waals surface area contributed by atoms with Crippen LogP contribution in [0.5, 0.6) is 0 Å². The van der Waals surface area contributed by atoms with Crippen molar-refractivity contribution in [3.05, 3.63) is 209 Å². The van der Waals surface area contributed by atoms with E-state index in [-0.39, 0.29) is 0 Å². The minimum atomic E-state index is 1.15. The molecule has 220 valence electrons. The van der Waals surface area contributed by atoms with Crippen molar-refractivity contribution in [2.75, 3.05) is 0 Å². The lowest BCUT2D eigenvalue weighted by Gasteiger charge is -2.16. The summed E-state index contributed by atoms with van der Waals surface area (Å²) in [5.74, 6) is 0. The number of hydrogen-bond acceptors (Lipinski definition) is 0. The maximum Gasteiger partial charge on any atom is 0.0339 e. The number of benzene rings is 7. The first-order valence-corrected chi connectivity index (χ1v) is 16.8. The summed E-state index contributed by atoms with van der Waals surface area (Å²) in [7, 11) is 0. The van der Waals surface area contributed by atoms with Gasteiger partial charge in [0.25, 0.3) is 0 Å². The molecule has 0 fully saturated rings. The van der Waals surface area contributed by atoms with E-state index >= 15 is 0 Å². The smallest absolute Gasteiger partial charge is 0.0339 e. The molecule has 0 amide bonds. The van der Waals surface area contributed by atoms with Gasteiger partial charge in [-0.1, -0.05) is 152 Å². The van der Waals surface area contributed by atoms with Crippen LogP contribution in [0.4, 0.5) is 0 Å². The standard InChI is InChI=1S/C46H29Br/c47-46-40-29-36-27-38(31-18-8-2-9-19-31)37(30-16-6-1-7-17-30)26-35(36)28-39(40)44-42(33-22-12-4-13-23-33)41(32-20-10-3-11-21-32)43(45(44)46)34-24-14-5-15-25-34/h1-29H. The molecule has 2 aliphatic carbocycles. The molecule has 2 aliphatic rings. The zero-order chi connectivity index (χ0) is 31.3. The molecule has 0 atom stereocenters. The van der Waals surface area contributed by atoms with Gasteiger partial charge in [-0.05, 0) is 123 Å². The first kappa shape index (κ1) is 27.8. The predicted octanol–water partition coefficient (Wildman–Crippen LogP) is 12.8. The van der Waals surface area contributed by atoms with Gasteiger partial charge in [0.05, 0.1) is 0 Å². The van der Waals surface area contributed by atoms with Crippen LogP contribution in [0.1, 0.15) is 27.8 Å². The van der Waals surface area contributed by atoms with Crippen molar-refractivity contribution < 1.29 is 0 Å². The minimum Gasteiger partial charge on any atom is -0.0622 e. The van der Waals surface area contributed by atoms with Gasteiger partial charge in [-0.25, -0.2) is 0 Å². The Balaban J connectivity index is 1.37. The Morgan fingerprint density at radius 3 is 0.957 bits per heavy atom. The first-order chi connectivity index (χ1) is 23.3. The van der Waals surface area contributed by atoms with Crippen molar-refractivity contribution in [2.24, 2.45) is 0 Å². The minimum absolute atomic E-state index is 1.15. The molecule has 9 rings (SSSR count). The molecule has 0 unspecified atom stereocenters. The van der Waals surface area contributed by atoms with E-state index in [9.17, 15) is 0 Å². The van der Waals surface area contributed by atoms with Crippen LogP contribution in [0.25, 0.3) is 59.8 Å². The van der Waals surface area contributed by atoms with E-state index in [2.05, 4.69) is 192 Å². The van der Waals surface area contributed by atoms with E-state index in [1.807, 2.05) is 0 Å². The second-order valence-corrected chi connectivity index (χ2v) is 13.0. The van der Waals surface area contributed by atoms with Gasteiger partial charge < -0.3 is 0 Å². The molecule has 0 saturated heterocycles. The zero-order valence-corrected chi connectivity index (χ0v) is 27.2. The van der Waals surface area contributed by atoms with Crippen molar-refractivity contribution >= 4 is 53.5 Å². The van der Waals surface area contributed by atoms with Crippen molar-refractivity contribution in [3.8, 4) is 22.3 Å². The highest BCUT2D eigenvalue weighted by Gasteiger charge is 2.39. The fourth-order valence-electron chi connectivity index (χ4n) is 7.38. The highest BCUT2D eigenvalue weighted by atomic mass is 79.9. The molecular formula is C46H29Br. The number of rotatable bonds is 5. The summed E-state index contributed by atoms with van der Waals surface area (Å²) in [6, 6.07) is 63.8. The molecule has 0 spiro atoms. The quantitative estimate of drug-likeness (QED) is 0.172. The molecule has 47 heavy (non-hydrogen) atoms. The number of halogens is 1. The lowest BCUT2D eigenvalue weighted by atomic mass is 9.87. The summed E-state index contributed by atoms with van der Waals surface area (Å²) < 4.78 is 1.15. The molecular weight excluding hydrogens is 632 g/mol. The van der Waals surface area contributed by atoms with Crippen molar-refractivity contribution in [2.45, 2.75) is 0 Å². The van der Waals surface area contributed by atoms with Crippen molar-refractivity contribution in [1.82, 2.24) is 0 Å². The molecule has 1 heteroatoms. The van der Waals surface area contributed by atoms with Gasteiger partial charge in [-0.3, -0.25) is 0 Å². The van der Waals surface area contributed by atoms with Crippen LogP contribution in [0.3, 0.4) is 0 Å². The number of allylic oxidation sites excluding steroid dienone is 5. The fraction of sp³-hybridized carbons (Fsp3) is 0. The van der Waals surface area contributed by atoms with E-state index in [0.717, 1.165) is 4.48 Å². The van der Waals surface area contributed by atoms with Gasteiger partial charge in [0.15, 0.2) is 0 Å². The Labute approximate surface area is 283 Å². The van der Waals surface area contributed by atoms with E-state index in [4.69, 9.17) is 0 Å². The second-order valence-electron chi connectivity index (χ2n) is 12.2. The average Bonchev–Trinajstić information content (AvgIpc) is 3.64. The van der Waals surface area contributed by atoms with Gasteiger partial charge >= 0.3 is 0 Å². The number of hydrogen-bond donors (Lipinski definition) is 0. The lowest BCUT2D eigenvalue weighted by Crippen LogP contribution is -1.94. The zero-order valence-electron chi connectivity index (χ0n) is 25.6. The van der Waals surface area contributed by atoms with Crippen molar-refractivity contribution in [1.29, 1.82) is 0 Å². The van der Waals surface area contributed by atoms with Crippen LogP contribution in [-0.2, 0) is 0 Å². The van der Waals surface area contributed by atoms with Crippen LogP contribution >= 0.6 is 15.9 Å². The van der Waals surface area contributed by atoms with Gasteiger partial charge in [-0.2, -0.15) is 0 Å². The topological polar surface area (TPSA) is 0 Å². The maximum atomic E-state index is 4.19. The van der Waals surface area contributed by atoms with Gasteiger partial charge in [0.2, 0.25) is 0 Å². The molecule has 0 nitrogen and oxygen atoms in total. The normalized spacial score (nSPS) is 13.8. The molecule has 7 aromatic rings. The summed E-state index contributed by atoms with van der Waals surface area (Å²) in [5, 5.41) is 2.47. The van der Waals surface area contributed by atoms with Crippen LogP contribution in [0.15, 0.2) is 181 Å². The Bertz CT molecular complexity index is 2400. The van der Waals surface area contributed by atoms with Crippen LogP contribution in [0.2, 0.25) is 0 Å². The molecule has 0 aliphatic heterocycles. The summed E-state index contributed by atoms with van der Waals surface area (Å²) in [5.41, 5.74) is 17.5. The van der Waals surface area contributed by atoms with Gasteiger partial charge in [0, 0.05) is 10.1 Å². The first-order valence-electron chi connectivity index (χ1n) is 16.1. The Hall–Kier alpha value is -5.50. The highest BCUT2D eigenvalue weighted by molar-refractivity contribution is 9.15. The van der Waals surface area contributed by atoms with E-state index in [1.54, 1.807) is 0 Å². The lowest BCUT2D eigenvalue weighted by molar-refractivity contribution is 1.57. The Kier molecular flexibility index (Phi) is 6.73. The average molecular weight is 662 g/mol. The number of fused-ring (bicyclic) bond motifs is 4. The third-order valence-electron chi connectivity index (χ3n) is 9.45. The Morgan fingerprint density at radius 1 is 0.255 bits per heavy atom. The monoisotopic (exact) mass is 660 g/mol. The second kappa shape index (κ2) is 11.4. The van der Waals surface area contributed by atoms with E-state index in [0.29, 0.717) is 0 Å². The maximum absolute atomic E-state index is 4.19. The predicted molar refractivity (Wildman–Crippen MR) is 204 cm³/mol. The molecule has 0 saturated carbocycles.